The predicted octanol–water partition coefficient (Wildman–Crippen LogP) is 5.99. The maximum atomic E-state index is 12.3. The number of amides is 1. The predicted molar refractivity (Wildman–Crippen MR) is 126 cm³/mol. The quantitative estimate of drug-likeness (QED) is 0.431. The molecule has 0 aromatic heterocycles. The number of anilines is 2. The Hall–Kier alpha value is -3.18. The third-order valence-corrected chi connectivity index (χ3v) is 5.16. The first kappa shape index (κ1) is 22.5. The summed E-state index contributed by atoms with van der Waals surface area (Å²) >= 11 is 6.11. The molecule has 0 aliphatic rings. The summed E-state index contributed by atoms with van der Waals surface area (Å²) in [4.78, 5) is 12.3. The molecule has 0 spiro atoms. The van der Waals surface area contributed by atoms with Gasteiger partial charge in [-0.05, 0) is 67.8 Å². The van der Waals surface area contributed by atoms with Crippen molar-refractivity contribution in [3.05, 3.63) is 82.4 Å². The average molecular weight is 439 g/mol. The minimum Gasteiger partial charge on any atom is -0.490 e. The van der Waals surface area contributed by atoms with E-state index >= 15 is 0 Å². The molecule has 0 atom stereocenters. The van der Waals surface area contributed by atoms with Crippen molar-refractivity contribution in [3.8, 4) is 11.5 Å². The minimum absolute atomic E-state index is 0.133. The molecule has 6 heteroatoms. The number of ether oxygens (including phenoxy) is 2. The first-order valence-electron chi connectivity index (χ1n) is 10.2. The maximum Gasteiger partial charge on any atom is 0.262 e. The lowest BCUT2D eigenvalue weighted by molar-refractivity contribution is -0.118. The maximum absolute atomic E-state index is 12.3. The van der Waals surface area contributed by atoms with Crippen LogP contribution in [0.15, 0.2) is 60.7 Å². The molecule has 31 heavy (non-hydrogen) atoms. The molecule has 3 rings (SSSR count). The summed E-state index contributed by atoms with van der Waals surface area (Å²) < 4.78 is 11.5. The Morgan fingerprint density at radius 1 is 0.935 bits per heavy atom. The van der Waals surface area contributed by atoms with E-state index in [0.29, 0.717) is 35.4 Å². The van der Waals surface area contributed by atoms with Gasteiger partial charge < -0.3 is 20.1 Å². The summed E-state index contributed by atoms with van der Waals surface area (Å²) in [6, 6.07) is 19.2. The highest BCUT2D eigenvalue weighted by atomic mass is 35.5. The van der Waals surface area contributed by atoms with E-state index in [9.17, 15) is 4.79 Å². The van der Waals surface area contributed by atoms with Gasteiger partial charge in [0.2, 0.25) is 0 Å². The zero-order valence-electron chi connectivity index (χ0n) is 18.0. The normalized spacial score (nSPS) is 10.5. The van der Waals surface area contributed by atoms with Gasteiger partial charge in [-0.25, -0.2) is 0 Å². The van der Waals surface area contributed by atoms with Crippen LogP contribution < -0.4 is 20.1 Å². The van der Waals surface area contributed by atoms with Crippen molar-refractivity contribution in [2.24, 2.45) is 0 Å². The first-order valence-corrected chi connectivity index (χ1v) is 10.6. The van der Waals surface area contributed by atoms with E-state index in [4.69, 9.17) is 21.1 Å². The van der Waals surface area contributed by atoms with Gasteiger partial charge in [-0.3, -0.25) is 4.79 Å². The lowest BCUT2D eigenvalue weighted by Crippen LogP contribution is -2.20. The molecular weight excluding hydrogens is 412 g/mol. The molecule has 0 saturated carbocycles. The summed E-state index contributed by atoms with van der Waals surface area (Å²) in [6.07, 6.45) is 0. The zero-order chi connectivity index (χ0) is 22.2. The molecule has 5 nitrogen and oxygen atoms in total. The third kappa shape index (κ3) is 6.40. The van der Waals surface area contributed by atoms with Crippen LogP contribution in [0.25, 0.3) is 0 Å². The Kier molecular flexibility index (Phi) is 7.79. The van der Waals surface area contributed by atoms with Gasteiger partial charge in [0.1, 0.15) is 0 Å². The Balaban J connectivity index is 1.61. The van der Waals surface area contributed by atoms with Crippen LogP contribution in [-0.2, 0) is 11.3 Å². The fourth-order valence-electron chi connectivity index (χ4n) is 3.03. The Bertz CT molecular complexity index is 1050. The molecule has 0 aliphatic heterocycles. The van der Waals surface area contributed by atoms with E-state index in [1.165, 1.54) is 5.56 Å². The van der Waals surface area contributed by atoms with Gasteiger partial charge >= 0.3 is 0 Å². The van der Waals surface area contributed by atoms with Crippen LogP contribution >= 0.6 is 11.6 Å². The molecule has 162 valence electrons. The number of nitrogens with one attached hydrogen (secondary N) is 2. The van der Waals surface area contributed by atoms with E-state index < -0.39 is 0 Å². The molecule has 1 amide bonds. The summed E-state index contributed by atoms with van der Waals surface area (Å²) in [5, 5.41) is 6.82. The Labute approximate surface area is 188 Å². The number of hydrogen-bond acceptors (Lipinski definition) is 4. The minimum atomic E-state index is -0.271. The molecular formula is C25H27ClN2O3. The second kappa shape index (κ2) is 10.7. The van der Waals surface area contributed by atoms with Gasteiger partial charge in [0.25, 0.3) is 5.91 Å². The number of para-hydroxylation sites is 1. The van der Waals surface area contributed by atoms with Crippen LogP contribution in [0.4, 0.5) is 11.4 Å². The molecule has 2 N–H and O–H groups in total. The highest BCUT2D eigenvalue weighted by molar-refractivity contribution is 6.31. The van der Waals surface area contributed by atoms with Gasteiger partial charge in [0.05, 0.1) is 6.61 Å². The monoisotopic (exact) mass is 438 g/mol. The molecule has 0 bridgehead atoms. The summed E-state index contributed by atoms with van der Waals surface area (Å²) in [5.41, 5.74) is 4.92. The Morgan fingerprint density at radius 3 is 2.48 bits per heavy atom. The number of halogens is 1. The highest BCUT2D eigenvalue weighted by Crippen LogP contribution is 2.29. The van der Waals surface area contributed by atoms with Crippen molar-refractivity contribution >= 4 is 28.9 Å². The van der Waals surface area contributed by atoms with E-state index in [-0.39, 0.29) is 12.5 Å². The molecule has 0 saturated heterocycles. The number of carbonyl (C=O) groups is 1. The van der Waals surface area contributed by atoms with Crippen LogP contribution in [0.1, 0.15) is 23.6 Å². The van der Waals surface area contributed by atoms with E-state index in [1.807, 2.05) is 50.2 Å². The fourth-order valence-corrected chi connectivity index (χ4v) is 3.21. The molecule has 0 aliphatic carbocycles. The van der Waals surface area contributed by atoms with Crippen LogP contribution in [0.5, 0.6) is 11.5 Å². The number of carbonyl (C=O) groups excluding carboxylic acids is 1. The second-order valence-corrected chi connectivity index (χ2v) is 7.59. The molecule has 0 fully saturated rings. The van der Waals surface area contributed by atoms with Gasteiger partial charge in [0, 0.05) is 22.9 Å². The molecule has 3 aromatic rings. The molecule has 3 aromatic carbocycles. The third-order valence-electron chi connectivity index (χ3n) is 4.75. The number of aryl methyl sites for hydroxylation is 2. The standard InChI is InChI=1S/C25H27ClN2O3/c1-4-30-24-13-19(15-27-22-8-6-5-7-18(22)3)10-12-23(24)31-16-25(29)28-20-11-9-17(2)21(26)14-20/h5-14,27H,4,15-16H2,1-3H3,(H,28,29). The van der Waals surface area contributed by atoms with Gasteiger partial charge in [0.15, 0.2) is 18.1 Å². The van der Waals surface area contributed by atoms with E-state index in [2.05, 4.69) is 29.7 Å². The van der Waals surface area contributed by atoms with Crippen LogP contribution in [0.2, 0.25) is 5.02 Å². The lowest BCUT2D eigenvalue weighted by atomic mass is 10.1. The smallest absolute Gasteiger partial charge is 0.262 e. The van der Waals surface area contributed by atoms with Crippen molar-refractivity contribution in [2.75, 3.05) is 23.8 Å². The number of benzene rings is 3. The van der Waals surface area contributed by atoms with Gasteiger partial charge in [-0.2, -0.15) is 0 Å². The average Bonchev–Trinajstić information content (AvgIpc) is 2.75. The lowest BCUT2D eigenvalue weighted by Gasteiger charge is -2.15. The number of hydrogen-bond donors (Lipinski definition) is 2. The van der Waals surface area contributed by atoms with Crippen LogP contribution in [0, 0.1) is 13.8 Å². The molecule has 0 heterocycles. The molecule has 0 radical (unpaired) electrons. The highest BCUT2D eigenvalue weighted by Gasteiger charge is 2.10. The Morgan fingerprint density at radius 2 is 1.74 bits per heavy atom. The SMILES string of the molecule is CCOc1cc(CNc2ccccc2C)ccc1OCC(=O)Nc1ccc(C)c(Cl)c1. The first-order chi connectivity index (χ1) is 15.0. The summed E-state index contributed by atoms with van der Waals surface area (Å²) in [5.74, 6) is 0.865. The van der Waals surface area contributed by atoms with Crippen molar-refractivity contribution in [2.45, 2.75) is 27.3 Å². The van der Waals surface area contributed by atoms with Crippen molar-refractivity contribution in [3.63, 3.8) is 0 Å². The van der Waals surface area contributed by atoms with Gasteiger partial charge in [-0.1, -0.05) is 41.9 Å². The summed E-state index contributed by atoms with van der Waals surface area (Å²) in [7, 11) is 0. The largest absolute Gasteiger partial charge is 0.490 e. The second-order valence-electron chi connectivity index (χ2n) is 7.18. The van der Waals surface area contributed by atoms with E-state index in [0.717, 1.165) is 16.8 Å². The van der Waals surface area contributed by atoms with Crippen molar-refractivity contribution < 1.29 is 14.3 Å². The molecule has 0 unspecified atom stereocenters. The van der Waals surface area contributed by atoms with Crippen LogP contribution in [0.3, 0.4) is 0 Å². The van der Waals surface area contributed by atoms with Gasteiger partial charge in [-0.15, -0.1) is 0 Å². The topological polar surface area (TPSA) is 59.6 Å². The van der Waals surface area contributed by atoms with Crippen molar-refractivity contribution in [1.82, 2.24) is 0 Å². The zero-order valence-corrected chi connectivity index (χ0v) is 18.8. The fraction of sp³-hybridized carbons (Fsp3) is 0.240. The van der Waals surface area contributed by atoms with Crippen molar-refractivity contribution in [1.29, 1.82) is 0 Å². The summed E-state index contributed by atoms with van der Waals surface area (Å²) in [6.45, 7) is 6.91. The number of rotatable bonds is 9. The van der Waals surface area contributed by atoms with E-state index in [1.54, 1.807) is 12.1 Å². The van der Waals surface area contributed by atoms with Crippen LogP contribution in [-0.4, -0.2) is 19.1 Å².